The summed E-state index contributed by atoms with van der Waals surface area (Å²) in [5, 5.41) is 7.37. The molecule has 0 aliphatic heterocycles. The monoisotopic (exact) mass is 418 g/mol. The van der Waals surface area contributed by atoms with Gasteiger partial charge in [-0.1, -0.05) is 0 Å². The van der Waals surface area contributed by atoms with Gasteiger partial charge in [0.2, 0.25) is 23.6 Å². The number of nitrogens with two attached hydrogens (primary N) is 4. The largest absolute Gasteiger partial charge is 0.370 e. The Morgan fingerprint density at radius 2 is 1.46 bits per heavy atom. The normalized spacial score (nSPS) is 14.7. The summed E-state index contributed by atoms with van der Waals surface area (Å²) in [7, 11) is 0. The van der Waals surface area contributed by atoms with Crippen LogP contribution >= 0.6 is 12.6 Å². The van der Waals surface area contributed by atoms with E-state index in [1.54, 1.807) is 0 Å². The van der Waals surface area contributed by atoms with Crippen LogP contribution in [0.1, 0.15) is 26.7 Å². The van der Waals surface area contributed by atoms with E-state index in [9.17, 15) is 19.2 Å². The number of carbonyl (C=O) groups excluding carboxylic acids is 4. The number of hydrogen-bond donors (Lipinski definition) is 8. The van der Waals surface area contributed by atoms with Gasteiger partial charge in [-0.2, -0.15) is 12.6 Å². The molecule has 0 aromatic heterocycles. The number of carbonyl (C=O) groups is 4. The summed E-state index contributed by atoms with van der Waals surface area (Å²) in [4.78, 5) is 51.5. The van der Waals surface area contributed by atoms with Crippen molar-refractivity contribution in [3.8, 4) is 0 Å². The fourth-order valence-electron chi connectivity index (χ4n) is 1.93. The molecule has 0 aliphatic carbocycles. The van der Waals surface area contributed by atoms with E-state index in [4.69, 9.17) is 22.9 Å². The minimum atomic E-state index is -1.00. The van der Waals surface area contributed by atoms with Crippen molar-refractivity contribution in [2.24, 2.45) is 27.9 Å². The number of rotatable bonds is 12. The summed E-state index contributed by atoms with van der Waals surface area (Å²) in [5.41, 5.74) is 21.1. The van der Waals surface area contributed by atoms with Crippen LogP contribution in [0, 0.1) is 0 Å². The molecule has 0 aromatic rings. The predicted octanol–water partition coefficient (Wildman–Crippen LogP) is -3.72. The first-order valence-electron chi connectivity index (χ1n) is 8.61. The van der Waals surface area contributed by atoms with Crippen LogP contribution in [0.5, 0.6) is 0 Å². The van der Waals surface area contributed by atoms with Gasteiger partial charge < -0.3 is 38.9 Å². The van der Waals surface area contributed by atoms with Crippen LogP contribution in [-0.2, 0) is 19.2 Å². The first-order valence-corrected chi connectivity index (χ1v) is 9.25. The molecule has 0 spiro atoms. The van der Waals surface area contributed by atoms with Crippen molar-refractivity contribution in [3.05, 3.63) is 0 Å². The second kappa shape index (κ2) is 12.8. The number of nitrogens with one attached hydrogen (secondary N) is 3. The molecular weight excluding hydrogens is 388 g/mol. The molecule has 0 unspecified atom stereocenters. The van der Waals surface area contributed by atoms with E-state index in [2.05, 4.69) is 33.6 Å². The second-order valence-electron chi connectivity index (χ2n) is 6.18. The van der Waals surface area contributed by atoms with Gasteiger partial charge in [-0.05, 0) is 26.7 Å². The Labute approximate surface area is 169 Å². The van der Waals surface area contributed by atoms with Crippen LogP contribution in [-0.4, -0.2) is 66.1 Å². The first kappa shape index (κ1) is 25.5. The molecule has 28 heavy (non-hydrogen) atoms. The maximum atomic E-state index is 12.5. The van der Waals surface area contributed by atoms with E-state index < -0.39 is 47.8 Å². The van der Waals surface area contributed by atoms with Crippen LogP contribution in [0.2, 0.25) is 0 Å². The minimum Gasteiger partial charge on any atom is -0.370 e. The number of thiol groups is 1. The molecule has 13 heteroatoms. The number of guanidine groups is 1. The third-order valence-corrected chi connectivity index (χ3v) is 3.96. The molecule has 0 bridgehead atoms. The Hall–Kier alpha value is -2.54. The molecule has 160 valence electrons. The van der Waals surface area contributed by atoms with E-state index >= 15 is 0 Å². The zero-order chi connectivity index (χ0) is 21.9. The number of hydrogen-bond acceptors (Lipinski definition) is 7. The highest BCUT2D eigenvalue weighted by Gasteiger charge is 2.27. The number of primary amides is 1. The highest BCUT2D eigenvalue weighted by atomic mass is 32.1. The Kier molecular flexibility index (Phi) is 11.6. The molecule has 0 aliphatic rings. The van der Waals surface area contributed by atoms with Crippen molar-refractivity contribution >= 4 is 42.2 Å². The molecule has 12 nitrogen and oxygen atoms in total. The molecule has 0 saturated carbocycles. The third-order valence-electron chi connectivity index (χ3n) is 3.59. The molecule has 4 amide bonds. The van der Waals surface area contributed by atoms with Crippen LogP contribution in [0.3, 0.4) is 0 Å². The van der Waals surface area contributed by atoms with E-state index in [1.165, 1.54) is 13.8 Å². The van der Waals surface area contributed by atoms with Gasteiger partial charge in [0.05, 0.1) is 6.04 Å². The average molecular weight is 419 g/mol. The SMILES string of the molecule is C[C@H](N)C(=O)N[C@@H](CS)C(=O)N[C@@H](CCCN=C(N)N)C(=O)N[C@@H](C)C(N)=O. The zero-order valence-electron chi connectivity index (χ0n) is 16.0. The lowest BCUT2D eigenvalue weighted by atomic mass is 10.1. The van der Waals surface area contributed by atoms with Crippen LogP contribution in [0.4, 0.5) is 0 Å². The summed E-state index contributed by atoms with van der Waals surface area (Å²) in [6, 6.07) is -3.74. The van der Waals surface area contributed by atoms with E-state index in [0.29, 0.717) is 6.42 Å². The summed E-state index contributed by atoms with van der Waals surface area (Å²) < 4.78 is 0. The highest BCUT2D eigenvalue weighted by Crippen LogP contribution is 2.02. The van der Waals surface area contributed by atoms with Gasteiger partial charge in [-0.25, -0.2) is 0 Å². The van der Waals surface area contributed by atoms with Crippen molar-refractivity contribution in [1.29, 1.82) is 0 Å². The fourth-order valence-corrected chi connectivity index (χ4v) is 2.18. The van der Waals surface area contributed by atoms with Crippen molar-refractivity contribution in [1.82, 2.24) is 16.0 Å². The van der Waals surface area contributed by atoms with Gasteiger partial charge >= 0.3 is 0 Å². The second-order valence-corrected chi connectivity index (χ2v) is 6.54. The standard InChI is InChI=1S/C15H30N8O4S/c1-7(16)12(25)23-10(6-28)14(27)22-9(4-3-5-20-15(18)19)13(26)21-8(2)11(17)24/h7-10,28H,3-6,16H2,1-2H3,(H2,17,24)(H,21,26)(H,22,27)(H,23,25)(H4,18,19,20)/t7-,8-,9-,10-/m0/s1. The predicted molar refractivity (Wildman–Crippen MR) is 108 cm³/mol. The summed E-state index contributed by atoms with van der Waals surface area (Å²) >= 11 is 4.04. The molecular formula is C15H30N8O4S. The number of aliphatic imine (C=N–C) groups is 1. The number of amides is 4. The Balaban J connectivity index is 5.12. The van der Waals surface area contributed by atoms with Gasteiger partial charge in [0.1, 0.15) is 18.1 Å². The van der Waals surface area contributed by atoms with Gasteiger partial charge in [-0.15, -0.1) is 0 Å². The fraction of sp³-hybridized carbons (Fsp3) is 0.667. The van der Waals surface area contributed by atoms with Gasteiger partial charge in [0, 0.05) is 12.3 Å². The lowest BCUT2D eigenvalue weighted by Crippen LogP contribution is -2.57. The summed E-state index contributed by atoms with van der Waals surface area (Å²) in [6.07, 6.45) is 0.555. The van der Waals surface area contributed by atoms with E-state index in [1.807, 2.05) is 0 Å². The maximum Gasteiger partial charge on any atom is 0.244 e. The zero-order valence-corrected chi connectivity index (χ0v) is 16.9. The Morgan fingerprint density at radius 1 is 0.929 bits per heavy atom. The molecule has 0 rings (SSSR count). The molecule has 0 heterocycles. The first-order chi connectivity index (χ1) is 13.0. The third kappa shape index (κ3) is 9.97. The molecule has 4 atom stereocenters. The molecule has 0 aromatic carbocycles. The van der Waals surface area contributed by atoms with E-state index in [-0.39, 0.29) is 24.7 Å². The van der Waals surface area contributed by atoms with Crippen LogP contribution in [0.15, 0.2) is 4.99 Å². The van der Waals surface area contributed by atoms with Crippen LogP contribution < -0.4 is 38.9 Å². The van der Waals surface area contributed by atoms with Gasteiger partial charge in [0.15, 0.2) is 5.96 Å². The summed E-state index contributed by atoms with van der Waals surface area (Å²) in [6.45, 7) is 3.12. The van der Waals surface area contributed by atoms with Crippen LogP contribution in [0.25, 0.3) is 0 Å². The maximum absolute atomic E-state index is 12.5. The molecule has 0 fully saturated rings. The van der Waals surface area contributed by atoms with Crippen molar-refractivity contribution < 1.29 is 19.2 Å². The van der Waals surface area contributed by atoms with Crippen molar-refractivity contribution in [3.63, 3.8) is 0 Å². The van der Waals surface area contributed by atoms with Crippen molar-refractivity contribution in [2.75, 3.05) is 12.3 Å². The van der Waals surface area contributed by atoms with E-state index in [0.717, 1.165) is 0 Å². The summed E-state index contributed by atoms with van der Waals surface area (Å²) in [5.74, 6) is -2.61. The lowest BCUT2D eigenvalue weighted by Gasteiger charge is -2.23. The molecule has 0 saturated heterocycles. The molecule has 11 N–H and O–H groups in total. The van der Waals surface area contributed by atoms with Crippen molar-refractivity contribution in [2.45, 2.75) is 50.9 Å². The topological polar surface area (TPSA) is 221 Å². The lowest BCUT2D eigenvalue weighted by molar-refractivity contribution is -0.133. The average Bonchev–Trinajstić information content (AvgIpc) is 2.60. The minimum absolute atomic E-state index is 0.00960. The number of nitrogens with zero attached hydrogens (tertiary/aromatic N) is 1. The van der Waals surface area contributed by atoms with Gasteiger partial charge in [-0.3, -0.25) is 24.2 Å². The molecule has 0 radical (unpaired) electrons. The smallest absolute Gasteiger partial charge is 0.244 e. The Morgan fingerprint density at radius 3 is 1.93 bits per heavy atom. The Bertz CT molecular complexity index is 595. The van der Waals surface area contributed by atoms with Gasteiger partial charge in [0.25, 0.3) is 0 Å². The highest BCUT2D eigenvalue weighted by molar-refractivity contribution is 7.80. The quantitative estimate of drug-likeness (QED) is 0.0684.